The van der Waals surface area contributed by atoms with E-state index < -0.39 is 0 Å². The normalized spacial score (nSPS) is 12.8. The van der Waals surface area contributed by atoms with Crippen LogP contribution < -0.4 is 15.4 Å². The molecule has 1 amide bonds. The second-order valence-electron chi connectivity index (χ2n) is 7.04. The maximum Gasteiger partial charge on any atom is 0.255 e. The Morgan fingerprint density at radius 3 is 2.81 bits per heavy atom. The molecule has 1 aromatic carbocycles. The highest BCUT2D eigenvalue weighted by molar-refractivity contribution is 6.32. The first-order valence-corrected chi connectivity index (χ1v) is 10.3. The fourth-order valence-corrected chi connectivity index (χ4v) is 3.94. The first-order chi connectivity index (χ1) is 15.7. The second kappa shape index (κ2) is 8.27. The van der Waals surface area contributed by atoms with E-state index >= 15 is 0 Å². The van der Waals surface area contributed by atoms with Gasteiger partial charge in [-0.3, -0.25) is 4.79 Å². The Hall–Kier alpha value is -3.98. The Balaban J connectivity index is 1.66. The van der Waals surface area contributed by atoms with Crippen molar-refractivity contribution in [3.05, 3.63) is 65.3 Å². The SMILES string of the molecule is COc1c(Cl)cccc1Nc1c(-c2ccnc(-c3ccncn3)n2)[nH]c2c1C(=O)NCC2. The first kappa shape index (κ1) is 20.0. The summed E-state index contributed by atoms with van der Waals surface area (Å²) < 4.78 is 5.47. The molecule has 0 spiro atoms. The van der Waals surface area contributed by atoms with Crippen LogP contribution in [0.2, 0.25) is 5.02 Å². The number of carbonyl (C=O) groups is 1. The zero-order valence-corrected chi connectivity index (χ0v) is 17.8. The summed E-state index contributed by atoms with van der Waals surface area (Å²) in [6, 6.07) is 8.90. The van der Waals surface area contributed by atoms with Gasteiger partial charge < -0.3 is 20.4 Å². The molecular formula is C22H18ClN7O2. The third kappa shape index (κ3) is 3.52. The number of fused-ring (bicyclic) bond motifs is 1. The number of aromatic amines is 1. The standard InChI is InChI=1S/C22H18ClN7O2/c1-32-20-12(23)3-2-4-15(20)29-19-17-13(6-10-26-22(17)31)28-18(19)14-7-9-25-21(30-14)16-5-8-24-11-27-16/h2-5,7-9,11,28-29H,6,10H2,1H3,(H,26,31). The number of nitrogens with zero attached hydrogens (tertiary/aromatic N) is 4. The molecule has 0 unspecified atom stereocenters. The Kier molecular flexibility index (Phi) is 5.16. The monoisotopic (exact) mass is 447 g/mol. The molecular weight excluding hydrogens is 430 g/mol. The lowest BCUT2D eigenvalue weighted by molar-refractivity contribution is 0.0947. The molecule has 0 bridgehead atoms. The minimum Gasteiger partial charge on any atom is -0.493 e. The topological polar surface area (TPSA) is 118 Å². The molecule has 32 heavy (non-hydrogen) atoms. The summed E-state index contributed by atoms with van der Waals surface area (Å²) in [5, 5.41) is 6.70. The molecule has 160 valence electrons. The second-order valence-corrected chi connectivity index (χ2v) is 7.45. The van der Waals surface area contributed by atoms with Gasteiger partial charge in [-0.25, -0.2) is 19.9 Å². The minimum atomic E-state index is -0.165. The molecule has 0 radical (unpaired) electrons. The van der Waals surface area contributed by atoms with Gasteiger partial charge >= 0.3 is 0 Å². The van der Waals surface area contributed by atoms with Crippen LogP contribution in [-0.4, -0.2) is 44.5 Å². The van der Waals surface area contributed by atoms with Crippen LogP contribution >= 0.6 is 11.6 Å². The molecule has 0 fully saturated rings. The Labute approximate surface area is 188 Å². The number of H-pyrrole nitrogens is 1. The van der Waals surface area contributed by atoms with Gasteiger partial charge in [-0.1, -0.05) is 17.7 Å². The molecule has 0 saturated carbocycles. The number of benzene rings is 1. The molecule has 0 saturated heterocycles. The summed E-state index contributed by atoms with van der Waals surface area (Å²) in [5.74, 6) is 0.770. The first-order valence-electron chi connectivity index (χ1n) is 9.88. The van der Waals surface area contributed by atoms with Crippen molar-refractivity contribution in [2.45, 2.75) is 6.42 Å². The lowest BCUT2D eigenvalue weighted by atomic mass is 10.1. The molecule has 9 nitrogen and oxygen atoms in total. The molecule has 5 rings (SSSR count). The fourth-order valence-electron chi connectivity index (χ4n) is 3.69. The van der Waals surface area contributed by atoms with Crippen molar-refractivity contribution in [1.29, 1.82) is 0 Å². The van der Waals surface area contributed by atoms with Crippen LogP contribution in [0.5, 0.6) is 5.75 Å². The third-order valence-corrected chi connectivity index (χ3v) is 5.42. The van der Waals surface area contributed by atoms with Gasteiger partial charge in [0.2, 0.25) is 0 Å². The van der Waals surface area contributed by atoms with Crippen molar-refractivity contribution in [2.24, 2.45) is 0 Å². The van der Waals surface area contributed by atoms with E-state index in [4.69, 9.17) is 16.3 Å². The van der Waals surface area contributed by atoms with E-state index in [1.807, 2.05) is 12.1 Å². The van der Waals surface area contributed by atoms with Crippen LogP contribution in [0.1, 0.15) is 16.1 Å². The zero-order valence-electron chi connectivity index (χ0n) is 17.0. The number of nitrogens with one attached hydrogen (secondary N) is 3. The van der Waals surface area contributed by atoms with E-state index in [0.29, 0.717) is 63.6 Å². The van der Waals surface area contributed by atoms with Gasteiger partial charge in [0.25, 0.3) is 5.91 Å². The van der Waals surface area contributed by atoms with Crippen LogP contribution in [0.15, 0.2) is 49.1 Å². The molecule has 0 aliphatic carbocycles. The number of anilines is 2. The average Bonchev–Trinajstić information content (AvgIpc) is 3.19. The Morgan fingerprint density at radius 2 is 2.00 bits per heavy atom. The molecule has 1 aliphatic rings. The van der Waals surface area contributed by atoms with Gasteiger partial charge in [0.15, 0.2) is 11.6 Å². The summed E-state index contributed by atoms with van der Waals surface area (Å²) in [6.45, 7) is 0.557. The summed E-state index contributed by atoms with van der Waals surface area (Å²) in [4.78, 5) is 33.3. The third-order valence-electron chi connectivity index (χ3n) is 5.12. The number of hydrogen-bond donors (Lipinski definition) is 3. The van der Waals surface area contributed by atoms with Gasteiger partial charge in [-0.15, -0.1) is 0 Å². The average molecular weight is 448 g/mol. The lowest BCUT2D eigenvalue weighted by Crippen LogP contribution is -2.31. The quantitative estimate of drug-likeness (QED) is 0.427. The Morgan fingerprint density at radius 1 is 1.12 bits per heavy atom. The summed E-state index contributed by atoms with van der Waals surface area (Å²) in [5.41, 5.74) is 4.45. The summed E-state index contributed by atoms with van der Waals surface area (Å²) >= 11 is 6.30. The highest BCUT2D eigenvalue weighted by Crippen LogP contribution is 2.40. The number of hydrogen-bond acceptors (Lipinski definition) is 7. The largest absolute Gasteiger partial charge is 0.493 e. The molecule has 3 aromatic heterocycles. The molecule has 0 atom stereocenters. The number of aromatic nitrogens is 5. The van der Waals surface area contributed by atoms with E-state index in [1.54, 1.807) is 37.7 Å². The highest BCUT2D eigenvalue weighted by Gasteiger charge is 2.28. The van der Waals surface area contributed by atoms with Crippen molar-refractivity contribution in [3.8, 4) is 28.7 Å². The van der Waals surface area contributed by atoms with E-state index in [0.717, 1.165) is 5.69 Å². The number of amides is 1. The smallest absolute Gasteiger partial charge is 0.255 e. The molecule has 3 N–H and O–H groups in total. The zero-order chi connectivity index (χ0) is 22.1. The van der Waals surface area contributed by atoms with Gasteiger partial charge in [0.1, 0.15) is 12.0 Å². The molecule has 4 heterocycles. The molecule has 10 heteroatoms. The maximum atomic E-state index is 12.8. The van der Waals surface area contributed by atoms with E-state index in [1.165, 1.54) is 6.33 Å². The van der Waals surface area contributed by atoms with Crippen molar-refractivity contribution < 1.29 is 9.53 Å². The predicted octanol–water partition coefficient (Wildman–Crippen LogP) is 3.62. The molecule has 4 aromatic rings. The molecule has 1 aliphatic heterocycles. The van der Waals surface area contributed by atoms with Crippen molar-refractivity contribution in [2.75, 3.05) is 19.0 Å². The van der Waals surface area contributed by atoms with Gasteiger partial charge in [0.05, 0.1) is 40.5 Å². The predicted molar refractivity (Wildman–Crippen MR) is 120 cm³/mol. The Bertz CT molecular complexity index is 1310. The lowest BCUT2D eigenvalue weighted by Gasteiger charge is -2.16. The fraction of sp³-hybridized carbons (Fsp3) is 0.136. The number of rotatable bonds is 5. The summed E-state index contributed by atoms with van der Waals surface area (Å²) in [7, 11) is 1.55. The van der Waals surface area contributed by atoms with E-state index in [-0.39, 0.29) is 5.91 Å². The van der Waals surface area contributed by atoms with Gasteiger partial charge in [0, 0.05) is 31.1 Å². The highest BCUT2D eigenvalue weighted by atomic mass is 35.5. The number of carbonyl (C=O) groups excluding carboxylic acids is 1. The van der Waals surface area contributed by atoms with Crippen LogP contribution in [0.4, 0.5) is 11.4 Å². The van der Waals surface area contributed by atoms with Gasteiger partial charge in [-0.05, 0) is 24.3 Å². The number of halogens is 1. The number of para-hydroxylation sites is 1. The van der Waals surface area contributed by atoms with E-state index in [2.05, 4.69) is 35.6 Å². The minimum absolute atomic E-state index is 0.165. The van der Waals surface area contributed by atoms with Crippen LogP contribution in [0.25, 0.3) is 22.9 Å². The van der Waals surface area contributed by atoms with E-state index in [9.17, 15) is 4.79 Å². The number of methoxy groups -OCH3 is 1. The van der Waals surface area contributed by atoms with Gasteiger partial charge in [-0.2, -0.15) is 0 Å². The maximum absolute atomic E-state index is 12.8. The van der Waals surface area contributed by atoms with Crippen molar-refractivity contribution in [1.82, 2.24) is 30.2 Å². The number of ether oxygens (including phenoxy) is 1. The van der Waals surface area contributed by atoms with Crippen LogP contribution in [-0.2, 0) is 6.42 Å². The van der Waals surface area contributed by atoms with Crippen molar-refractivity contribution in [3.63, 3.8) is 0 Å². The van der Waals surface area contributed by atoms with Crippen LogP contribution in [0, 0.1) is 0 Å². The van der Waals surface area contributed by atoms with Crippen molar-refractivity contribution >= 4 is 28.9 Å². The summed E-state index contributed by atoms with van der Waals surface area (Å²) in [6.07, 6.45) is 5.41. The van der Waals surface area contributed by atoms with Crippen LogP contribution in [0.3, 0.4) is 0 Å².